The van der Waals surface area contributed by atoms with Gasteiger partial charge in [0.1, 0.15) is 16.9 Å². The Morgan fingerprint density at radius 1 is 0.862 bits per heavy atom. The lowest BCUT2D eigenvalue weighted by molar-refractivity contribution is -0.131. The van der Waals surface area contributed by atoms with E-state index in [1.165, 1.54) is 21.3 Å². The van der Waals surface area contributed by atoms with Crippen molar-refractivity contribution >= 4 is 29.2 Å². The fourth-order valence-electron chi connectivity index (χ4n) is 2.95. The lowest BCUT2D eigenvalue weighted by atomic mass is 10.0. The molecule has 0 saturated heterocycles. The highest BCUT2D eigenvalue weighted by Gasteiger charge is 2.56. The average Bonchev–Trinajstić information content (AvgIpc) is 3.56. The Balaban J connectivity index is 1.77. The lowest BCUT2D eigenvalue weighted by Crippen LogP contribution is -2.36. The second kappa shape index (κ2) is 8.22. The number of amides is 2. The summed E-state index contributed by atoms with van der Waals surface area (Å²) in [6.07, 6.45) is 0.813. The first-order valence-electron chi connectivity index (χ1n) is 8.97. The maximum atomic E-state index is 12.9. The van der Waals surface area contributed by atoms with Gasteiger partial charge in [0.2, 0.25) is 11.8 Å². The van der Waals surface area contributed by atoms with E-state index in [1.54, 1.807) is 42.5 Å². The molecular formula is C21H22N2O6. The predicted octanol–water partition coefficient (Wildman–Crippen LogP) is 2.85. The third-order valence-corrected chi connectivity index (χ3v) is 4.86. The van der Waals surface area contributed by atoms with Gasteiger partial charge in [0.15, 0.2) is 0 Å². The maximum absolute atomic E-state index is 12.9. The average molecular weight is 398 g/mol. The van der Waals surface area contributed by atoms with Gasteiger partial charge in [-0.2, -0.15) is 0 Å². The van der Waals surface area contributed by atoms with E-state index >= 15 is 0 Å². The van der Waals surface area contributed by atoms with Crippen molar-refractivity contribution in [2.45, 2.75) is 12.8 Å². The molecule has 1 fully saturated rings. The number of hydrogen-bond acceptors (Lipinski definition) is 6. The molecule has 0 aliphatic heterocycles. The van der Waals surface area contributed by atoms with Crippen molar-refractivity contribution in [2.24, 2.45) is 5.41 Å². The molecule has 8 nitrogen and oxygen atoms in total. The summed E-state index contributed by atoms with van der Waals surface area (Å²) in [5, 5.41) is 5.45. The van der Waals surface area contributed by atoms with Gasteiger partial charge in [-0.3, -0.25) is 9.59 Å². The number of rotatable bonds is 7. The molecule has 2 aromatic rings. The topological polar surface area (TPSA) is 103 Å². The quantitative estimate of drug-likeness (QED) is 0.549. The van der Waals surface area contributed by atoms with E-state index in [9.17, 15) is 14.4 Å². The summed E-state index contributed by atoms with van der Waals surface area (Å²) in [6.45, 7) is 0. The van der Waals surface area contributed by atoms with Crippen molar-refractivity contribution in [3.63, 3.8) is 0 Å². The molecule has 1 aliphatic carbocycles. The zero-order chi connectivity index (χ0) is 21.0. The molecule has 1 saturated carbocycles. The van der Waals surface area contributed by atoms with Crippen LogP contribution in [-0.4, -0.2) is 39.1 Å². The number of anilines is 2. The van der Waals surface area contributed by atoms with Crippen LogP contribution >= 0.6 is 0 Å². The molecule has 8 heteroatoms. The molecule has 152 valence electrons. The number of carbonyl (C=O) groups is 3. The van der Waals surface area contributed by atoms with E-state index in [-0.39, 0.29) is 5.56 Å². The zero-order valence-corrected chi connectivity index (χ0v) is 16.4. The van der Waals surface area contributed by atoms with Crippen LogP contribution in [0.5, 0.6) is 11.5 Å². The largest absolute Gasteiger partial charge is 0.497 e. The molecule has 3 rings (SSSR count). The second-order valence-electron chi connectivity index (χ2n) is 6.59. The van der Waals surface area contributed by atoms with Crippen LogP contribution in [0.25, 0.3) is 0 Å². The van der Waals surface area contributed by atoms with Crippen molar-refractivity contribution in [1.82, 2.24) is 0 Å². The Morgan fingerprint density at radius 3 is 2.10 bits per heavy atom. The summed E-state index contributed by atoms with van der Waals surface area (Å²) in [7, 11) is 4.27. The normalized spacial score (nSPS) is 13.8. The van der Waals surface area contributed by atoms with E-state index in [4.69, 9.17) is 14.2 Å². The minimum absolute atomic E-state index is 0.219. The third kappa shape index (κ3) is 4.01. The van der Waals surface area contributed by atoms with Crippen LogP contribution in [0.15, 0.2) is 42.5 Å². The van der Waals surface area contributed by atoms with Gasteiger partial charge in [-0.15, -0.1) is 0 Å². The number of benzene rings is 2. The number of hydrogen-bond donors (Lipinski definition) is 2. The summed E-state index contributed by atoms with van der Waals surface area (Å²) >= 11 is 0. The number of methoxy groups -OCH3 is 3. The molecular weight excluding hydrogens is 376 g/mol. The highest BCUT2D eigenvalue weighted by atomic mass is 16.5. The van der Waals surface area contributed by atoms with Crippen LogP contribution in [0.4, 0.5) is 11.4 Å². The Labute approximate surface area is 168 Å². The fourth-order valence-corrected chi connectivity index (χ4v) is 2.95. The van der Waals surface area contributed by atoms with Gasteiger partial charge < -0.3 is 24.8 Å². The zero-order valence-electron chi connectivity index (χ0n) is 16.4. The molecule has 0 heterocycles. The van der Waals surface area contributed by atoms with E-state index in [2.05, 4.69) is 10.6 Å². The van der Waals surface area contributed by atoms with Crippen LogP contribution < -0.4 is 20.1 Å². The number of nitrogens with one attached hydrogen (secondary N) is 2. The Morgan fingerprint density at radius 2 is 1.52 bits per heavy atom. The molecule has 0 atom stereocenters. The lowest BCUT2D eigenvalue weighted by Gasteiger charge is -2.18. The van der Waals surface area contributed by atoms with Crippen LogP contribution in [0.3, 0.4) is 0 Å². The van der Waals surface area contributed by atoms with E-state index < -0.39 is 23.2 Å². The third-order valence-electron chi connectivity index (χ3n) is 4.86. The smallest absolute Gasteiger partial charge is 0.339 e. The Kier molecular flexibility index (Phi) is 5.72. The molecule has 1 aliphatic rings. The number of esters is 1. The second-order valence-corrected chi connectivity index (χ2v) is 6.59. The highest BCUT2D eigenvalue weighted by molar-refractivity contribution is 6.18. The maximum Gasteiger partial charge on any atom is 0.339 e. The van der Waals surface area contributed by atoms with Crippen molar-refractivity contribution in [3.05, 3.63) is 48.0 Å². The summed E-state index contributed by atoms with van der Waals surface area (Å²) < 4.78 is 15.2. The molecule has 0 spiro atoms. The molecule has 0 unspecified atom stereocenters. The molecule has 2 aromatic carbocycles. The summed E-state index contributed by atoms with van der Waals surface area (Å²) in [4.78, 5) is 37.6. The van der Waals surface area contributed by atoms with E-state index in [0.717, 1.165) is 0 Å². The van der Waals surface area contributed by atoms with Gasteiger partial charge in [0, 0.05) is 6.07 Å². The molecule has 0 bridgehead atoms. The van der Waals surface area contributed by atoms with E-state index in [0.29, 0.717) is 35.7 Å². The van der Waals surface area contributed by atoms with Gasteiger partial charge in [0.25, 0.3) is 0 Å². The predicted molar refractivity (Wildman–Crippen MR) is 106 cm³/mol. The molecule has 2 amide bonds. The summed E-state index contributed by atoms with van der Waals surface area (Å²) in [6, 6.07) is 11.5. The van der Waals surface area contributed by atoms with Crippen LogP contribution in [0, 0.1) is 5.41 Å². The molecule has 29 heavy (non-hydrogen) atoms. The van der Waals surface area contributed by atoms with E-state index in [1.807, 2.05) is 0 Å². The SMILES string of the molecule is COC(=O)c1ccccc1NC(=O)C1(C(=O)Nc2ccc(OC)cc2OC)CC1. The van der Waals surface area contributed by atoms with Crippen LogP contribution in [0.2, 0.25) is 0 Å². The monoisotopic (exact) mass is 398 g/mol. The fraction of sp³-hybridized carbons (Fsp3) is 0.286. The minimum atomic E-state index is -1.20. The number of carbonyl (C=O) groups excluding carboxylic acids is 3. The van der Waals surface area contributed by atoms with Crippen molar-refractivity contribution in [2.75, 3.05) is 32.0 Å². The molecule has 0 radical (unpaired) electrons. The van der Waals surface area contributed by atoms with Gasteiger partial charge in [-0.25, -0.2) is 4.79 Å². The van der Waals surface area contributed by atoms with Gasteiger partial charge >= 0.3 is 5.97 Å². The van der Waals surface area contributed by atoms with Crippen molar-refractivity contribution in [3.8, 4) is 11.5 Å². The van der Waals surface area contributed by atoms with Gasteiger partial charge in [-0.05, 0) is 37.1 Å². The Hall–Kier alpha value is -3.55. The number of ether oxygens (including phenoxy) is 3. The highest BCUT2D eigenvalue weighted by Crippen LogP contribution is 2.48. The van der Waals surface area contributed by atoms with Crippen LogP contribution in [0.1, 0.15) is 23.2 Å². The van der Waals surface area contributed by atoms with Crippen LogP contribution in [-0.2, 0) is 14.3 Å². The summed E-state index contributed by atoms with van der Waals surface area (Å²) in [5.41, 5.74) is -0.247. The standard InChI is InChI=1S/C21H22N2O6/c1-27-13-8-9-16(17(12-13)28-2)23-20(26)21(10-11-21)19(25)22-15-7-5-4-6-14(15)18(24)29-3/h4-9,12H,10-11H2,1-3H3,(H,22,25)(H,23,26). The first-order valence-corrected chi connectivity index (χ1v) is 8.97. The van der Waals surface area contributed by atoms with Gasteiger partial charge in [0.05, 0.1) is 38.3 Å². The van der Waals surface area contributed by atoms with Crippen molar-refractivity contribution in [1.29, 1.82) is 0 Å². The first kappa shape index (κ1) is 20.2. The van der Waals surface area contributed by atoms with Gasteiger partial charge in [-0.1, -0.05) is 12.1 Å². The van der Waals surface area contributed by atoms with Crippen molar-refractivity contribution < 1.29 is 28.6 Å². The molecule has 2 N–H and O–H groups in total. The first-order chi connectivity index (χ1) is 13.9. The minimum Gasteiger partial charge on any atom is -0.497 e. The number of para-hydroxylation sites is 1. The Bertz CT molecular complexity index is 952. The summed E-state index contributed by atoms with van der Waals surface area (Å²) in [5.74, 6) is -0.478. The molecule has 0 aromatic heterocycles.